The largest absolute Gasteiger partial charge is 0.490 e. The number of carbonyl (C=O) groups excluding carboxylic acids is 1. The fourth-order valence-electron chi connectivity index (χ4n) is 3.35. The number of pyridine rings is 1. The quantitative estimate of drug-likeness (QED) is 0.552. The van der Waals surface area contributed by atoms with Crippen LogP contribution in [0, 0.1) is 0 Å². The molecule has 7 nitrogen and oxygen atoms in total. The van der Waals surface area contributed by atoms with Gasteiger partial charge in [0, 0.05) is 30.1 Å². The Balaban J connectivity index is 1.35. The van der Waals surface area contributed by atoms with Crippen molar-refractivity contribution in [1.82, 2.24) is 10.3 Å². The second-order valence-corrected chi connectivity index (χ2v) is 7.23. The number of rotatable bonds is 9. The Labute approximate surface area is 187 Å². The van der Waals surface area contributed by atoms with E-state index < -0.39 is 0 Å². The molecule has 0 fully saturated rings. The van der Waals surface area contributed by atoms with E-state index >= 15 is 0 Å². The van der Waals surface area contributed by atoms with Gasteiger partial charge in [-0.15, -0.1) is 0 Å². The number of nitrogens with one attached hydrogen (secondary N) is 1. The summed E-state index contributed by atoms with van der Waals surface area (Å²) in [5, 5.41) is 2.96. The standard InChI is InChI=1S/C25H26N2O5/c1-2-29-24-15-20(6-8-22(24)32-17-19-4-3-10-26-16-19)25(28)27-11-9-18-5-7-21-23(14-18)31-13-12-30-21/h3-8,10,14-16H,2,9,11-13,17H2,1H3,(H,27,28). The van der Waals surface area contributed by atoms with Gasteiger partial charge in [0.05, 0.1) is 6.61 Å². The van der Waals surface area contributed by atoms with E-state index in [9.17, 15) is 4.79 Å². The van der Waals surface area contributed by atoms with Crippen molar-refractivity contribution in [2.75, 3.05) is 26.4 Å². The van der Waals surface area contributed by atoms with E-state index in [1.54, 1.807) is 30.6 Å². The number of aromatic nitrogens is 1. The summed E-state index contributed by atoms with van der Waals surface area (Å²) >= 11 is 0. The van der Waals surface area contributed by atoms with Gasteiger partial charge in [-0.05, 0) is 55.3 Å². The summed E-state index contributed by atoms with van der Waals surface area (Å²) in [6.45, 7) is 4.36. The number of hydrogen-bond donors (Lipinski definition) is 1. The molecule has 2 aromatic carbocycles. The van der Waals surface area contributed by atoms with Gasteiger partial charge in [-0.25, -0.2) is 0 Å². The molecule has 0 aliphatic carbocycles. The molecule has 7 heteroatoms. The zero-order chi connectivity index (χ0) is 22.2. The topological polar surface area (TPSA) is 78.9 Å². The molecule has 1 aliphatic rings. The van der Waals surface area contributed by atoms with Crippen molar-refractivity contribution in [1.29, 1.82) is 0 Å². The van der Waals surface area contributed by atoms with E-state index in [-0.39, 0.29) is 5.91 Å². The van der Waals surface area contributed by atoms with E-state index in [1.165, 1.54) is 0 Å². The maximum atomic E-state index is 12.7. The van der Waals surface area contributed by atoms with Gasteiger partial charge >= 0.3 is 0 Å². The van der Waals surface area contributed by atoms with Crippen LogP contribution in [0.2, 0.25) is 0 Å². The van der Waals surface area contributed by atoms with Crippen LogP contribution in [0.5, 0.6) is 23.0 Å². The van der Waals surface area contributed by atoms with Gasteiger partial charge in [-0.3, -0.25) is 9.78 Å². The van der Waals surface area contributed by atoms with E-state index in [0.29, 0.717) is 56.5 Å². The van der Waals surface area contributed by atoms with E-state index in [4.69, 9.17) is 18.9 Å². The van der Waals surface area contributed by atoms with Crippen LogP contribution in [-0.4, -0.2) is 37.3 Å². The lowest BCUT2D eigenvalue weighted by atomic mass is 10.1. The second kappa shape index (κ2) is 10.5. The van der Waals surface area contributed by atoms with Gasteiger partial charge in [0.25, 0.3) is 5.91 Å². The zero-order valence-electron chi connectivity index (χ0n) is 18.0. The molecule has 1 aromatic heterocycles. The summed E-state index contributed by atoms with van der Waals surface area (Å²) in [6, 6.07) is 14.9. The molecule has 0 bridgehead atoms. The number of benzene rings is 2. The third-order valence-electron chi connectivity index (χ3n) is 4.93. The molecule has 1 aliphatic heterocycles. The molecule has 4 rings (SSSR count). The molecular formula is C25H26N2O5. The van der Waals surface area contributed by atoms with Crippen molar-refractivity contribution in [3.8, 4) is 23.0 Å². The van der Waals surface area contributed by atoms with Crippen LogP contribution in [0.3, 0.4) is 0 Å². The molecule has 32 heavy (non-hydrogen) atoms. The summed E-state index contributed by atoms with van der Waals surface area (Å²) < 4.78 is 22.7. The lowest BCUT2D eigenvalue weighted by Gasteiger charge is -2.19. The average molecular weight is 434 g/mol. The third kappa shape index (κ3) is 5.49. The molecule has 0 radical (unpaired) electrons. The Morgan fingerprint density at radius 1 is 1.00 bits per heavy atom. The van der Waals surface area contributed by atoms with Crippen molar-refractivity contribution in [3.63, 3.8) is 0 Å². The number of nitrogens with zero attached hydrogens (tertiary/aromatic N) is 1. The lowest BCUT2D eigenvalue weighted by Crippen LogP contribution is -2.25. The Kier molecular flexibility index (Phi) is 7.07. The minimum Gasteiger partial charge on any atom is -0.490 e. The lowest BCUT2D eigenvalue weighted by molar-refractivity contribution is 0.0953. The van der Waals surface area contributed by atoms with Gasteiger partial charge < -0.3 is 24.3 Å². The highest BCUT2D eigenvalue weighted by Gasteiger charge is 2.14. The Hall–Kier alpha value is -3.74. The van der Waals surface area contributed by atoms with Crippen LogP contribution in [-0.2, 0) is 13.0 Å². The van der Waals surface area contributed by atoms with Gasteiger partial charge in [-0.2, -0.15) is 0 Å². The van der Waals surface area contributed by atoms with E-state index in [1.807, 2.05) is 37.3 Å². The Morgan fingerprint density at radius 3 is 2.69 bits per heavy atom. The minimum absolute atomic E-state index is 0.165. The molecule has 0 saturated heterocycles. The maximum absolute atomic E-state index is 12.7. The molecule has 3 aromatic rings. The predicted octanol–water partition coefficient (Wildman–Crippen LogP) is 3.80. The van der Waals surface area contributed by atoms with Crippen LogP contribution in [0.15, 0.2) is 60.9 Å². The average Bonchev–Trinajstić information content (AvgIpc) is 2.84. The van der Waals surface area contributed by atoms with Gasteiger partial charge in [0.15, 0.2) is 23.0 Å². The van der Waals surface area contributed by atoms with Crippen LogP contribution < -0.4 is 24.3 Å². The van der Waals surface area contributed by atoms with Gasteiger partial charge in [-0.1, -0.05) is 12.1 Å². The van der Waals surface area contributed by atoms with Crippen LogP contribution in [0.4, 0.5) is 0 Å². The maximum Gasteiger partial charge on any atom is 0.251 e. The van der Waals surface area contributed by atoms with E-state index in [0.717, 1.165) is 22.6 Å². The zero-order valence-corrected chi connectivity index (χ0v) is 18.0. The smallest absolute Gasteiger partial charge is 0.251 e. The highest BCUT2D eigenvalue weighted by molar-refractivity contribution is 5.94. The summed E-state index contributed by atoms with van der Waals surface area (Å²) in [4.78, 5) is 16.7. The first-order valence-corrected chi connectivity index (χ1v) is 10.7. The predicted molar refractivity (Wildman–Crippen MR) is 120 cm³/mol. The number of carbonyl (C=O) groups is 1. The minimum atomic E-state index is -0.165. The molecule has 0 saturated carbocycles. The molecule has 0 spiro atoms. The number of ether oxygens (including phenoxy) is 4. The Bertz CT molecular complexity index is 1060. The van der Waals surface area contributed by atoms with Crippen molar-refractivity contribution < 1.29 is 23.7 Å². The highest BCUT2D eigenvalue weighted by Crippen LogP contribution is 2.31. The number of amides is 1. The van der Waals surface area contributed by atoms with Crippen molar-refractivity contribution in [2.24, 2.45) is 0 Å². The number of fused-ring (bicyclic) bond motifs is 1. The second-order valence-electron chi connectivity index (χ2n) is 7.23. The first kappa shape index (κ1) is 21.5. The summed E-state index contributed by atoms with van der Waals surface area (Å²) in [5.74, 6) is 2.48. The van der Waals surface area contributed by atoms with Crippen molar-refractivity contribution in [2.45, 2.75) is 20.0 Å². The van der Waals surface area contributed by atoms with Crippen LogP contribution in [0.1, 0.15) is 28.4 Å². The summed E-state index contributed by atoms with van der Waals surface area (Å²) in [5.41, 5.74) is 2.55. The molecular weight excluding hydrogens is 408 g/mol. The monoisotopic (exact) mass is 434 g/mol. The van der Waals surface area contributed by atoms with Gasteiger partial charge in [0.1, 0.15) is 19.8 Å². The fraction of sp³-hybridized carbons (Fsp3) is 0.280. The first-order valence-electron chi connectivity index (χ1n) is 10.7. The molecule has 2 heterocycles. The molecule has 0 unspecified atom stereocenters. The molecule has 0 atom stereocenters. The third-order valence-corrected chi connectivity index (χ3v) is 4.93. The summed E-state index contributed by atoms with van der Waals surface area (Å²) in [6.07, 6.45) is 4.16. The van der Waals surface area contributed by atoms with Crippen LogP contribution in [0.25, 0.3) is 0 Å². The van der Waals surface area contributed by atoms with Crippen molar-refractivity contribution >= 4 is 5.91 Å². The highest BCUT2D eigenvalue weighted by atomic mass is 16.6. The number of hydrogen-bond acceptors (Lipinski definition) is 6. The normalized spacial score (nSPS) is 12.2. The molecule has 166 valence electrons. The SMILES string of the molecule is CCOc1cc(C(=O)NCCc2ccc3c(c2)OCCO3)ccc1OCc1cccnc1. The summed E-state index contributed by atoms with van der Waals surface area (Å²) in [7, 11) is 0. The first-order chi connectivity index (χ1) is 15.7. The van der Waals surface area contributed by atoms with E-state index in [2.05, 4.69) is 10.3 Å². The molecule has 1 amide bonds. The Morgan fingerprint density at radius 2 is 1.88 bits per heavy atom. The fourth-order valence-corrected chi connectivity index (χ4v) is 3.35. The molecule has 1 N–H and O–H groups in total. The van der Waals surface area contributed by atoms with Gasteiger partial charge in [0.2, 0.25) is 0 Å². The van der Waals surface area contributed by atoms with Crippen molar-refractivity contribution in [3.05, 3.63) is 77.6 Å². The van der Waals surface area contributed by atoms with Crippen LogP contribution >= 0.6 is 0 Å².